The van der Waals surface area contributed by atoms with Gasteiger partial charge in [0.1, 0.15) is 7.05 Å². The zero-order valence-corrected chi connectivity index (χ0v) is 8.74. The topological polar surface area (TPSA) is 20.1 Å². The number of carbonyl (C=O) groups excluding carboxylic acids is 1. The summed E-state index contributed by atoms with van der Waals surface area (Å²) in [5, 5.41) is 0. The number of benzene rings is 1. The number of fused-ring (bicyclic) bond motifs is 1. The molecule has 0 amide bonds. The Hall–Kier alpha value is -1.44. The van der Waals surface area contributed by atoms with E-state index in [1.54, 1.807) is 0 Å². The normalized spacial score (nSPS) is 18.2. The first-order valence-electron chi connectivity index (χ1n) is 4.75. The van der Waals surface area contributed by atoms with Gasteiger partial charge in [0.25, 0.3) is 0 Å². The van der Waals surface area contributed by atoms with Crippen LogP contribution in [0.25, 0.3) is 0 Å². The minimum atomic E-state index is -0.160. The van der Waals surface area contributed by atoms with Gasteiger partial charge in [-0.1, -0.05) is 18.2 Å². The molecule has 1 aliphatic heterocycles. The van der Waals surface area contributed by atoms with Crippen LogP contribution in [0.1, 0.15) is 19.4 Å². The molecule has 2 heteroatoms. The van der Waals surface area contributed by atoms with Crippen LogP contribution in [0.4, 0.5) is 5.69 Å². The van der Waals surface area contributed by atoms with Gasteiger partial charge in [0.05, 0.1) is 5.41 Å². The number of para-hydroxylation sites is 1. The van der Waals surface area contributed by atoms with Crippen molar-refractivity contribution in [1.82, 2.24) is 0 Å². The zero-order valence-electron chi connectivity index (χ0n) is 8.74. The van der Waals surface area contributed by atoms with E-state index in [1.165, 1.54) is 5.56 Å². The highest BCUT2D eigenvalue weighted by Gasteiger charge is 2.43. The quantitative estimate of drug-likeness (QED) is 0.487. The van der Waals surface area contributed by atoms with Crippen molar-refractivity contribution < 1.29 is 9.37 Å². The third-order valence-corrected chi connectivity index (χ3v) is 3.05. The molecule has 1 aromatic rings. The van der Waals surface area contributed by atoms with E-state index in [-0.39, 0.29) is 5.41 Å². The van der Waals surface area contributed by atoms with Gasteiger partial charge in [0.2, 0.25) is 17.7 Å². The minimum Gasteiger partial charge on any atom is -0.292 e. The summed E-state index contributed by atoms with van der Waals surface area (Å²) in [6.07, 6.45) is 0.958. The highest BCUT2D eigenvalue weighted by molar-refractivity contribution is 6.31. The zero-order chi connectivity index (χ0) is 10.3. The molecule has 0 atom stereocenters. The second-order valence-electron chi connectivity index (χ2n) is 4.20. The fraction of sp³-hybridized carbons (Fsp3) is 0.333. The lowest BCUT2D eigenvalue weighted by Crippen LogP contribution is -2.29. The van der Waals surface area contributed by atoms with Gasteiger partial charge >= 0.3 is 0 Å². The van der Waals surface area contributed by atoms with Gasteiger partial charge in [0.15, 0.2) is 0 Å². The molecule has 0 radical (unpaired) electrons. The van der Waals surface area contributed by atoms with Gasteiger partial charge in [-0.3, -0.25) is 4.79 Å². The molecule has 0 saturated heterocycles. The Balaban J connectivity index is 2.74. The molecule has 72 valence electrons. The number of hydrogen-bond acceptors (Lipinski definition) is 1. The standard InChI is InChI=1S/C12H14NO/c1-12(2)9-6-4-5-7-10(9)13(3)11(12)8-14/h4-8H,1-3H3/q+1. The molecule has 2 rings (SSSR count). The summed E-state index contributed by atoms with van der Waals surface area (Å²) in [7, 11) is 1.94. The Morgan fingerprint density at radius 3 is 2.50 bits per heavy atom. The molecule has 0 spiro atoms. The fourth-order valence-electron chi connectivity index (χ4n) is 2.21. The summed E-state index contributed by atoms with van der Waals surface area (Å²) in [5.41, 5.74) is 3.04. The second-order valence-corrected chi connectivity index (χ2v) is 4.20. The highest BCUT2D eigenvalue weighted by atomic mass is 16.1. The third kappa shape index (κ3) is 0.969. The average molecular weight is 188 g/mol. The molecule has 14 heavy (non-hydrogen) atoms. The van der Waals surface area contributed by atoms with E-state index in [1.807, 2.05) is 29.8 Å². The summed E-state index contributed by atoms with van der Waals surface area (Å²) in [5.74, 6) is 0. The summed E-state index contributed by atoms with van der Waals surface area (Å²) < 4.78 is 1.97. The second kappa shape index (κ2) is 2.77. The van der Waals surface area contributed by atoms with E-state index >= 15 is 0 Å². The summed E-state index contributed by atoms with van der Waals surface area (Å²) in [4.78, 5) is 11.0. The van der Waals surface area contributed by atoms with Crippen molar-refractivity contribution in [2.24, 2.45) is 0 Å². The number of aldehydes is 1. The van der Waals surface area contributed by atoms with Crippen molar-refractivity contribution >= 4 is 17.7 Å². The molecule has 1 heterocycles. The number of hydrogen-bond donors (Lipinski definition) is 0. The average Bonchev–Trinajstić information content (AvgIpc) is 2.36. The Morgan fingerprint density at radius 2 is 1.93 bits per heavy atom. The fourth-order valence-corrected chi connectivity index (χ4v) is 2.21. The van der Waals surface area contributed by atoms with Crippen LogP contribution in [-0.2, 0) is 10.2 Å². The maximum absolute atomic E-state index is 11.0. The van der Waals surface area contributed by atoms with Crippen LogP contribution in [0.3, 0.4) is 0 Å². The van der Waals surface area contributed by atoms with Gasteiger partial charge in [-0.25, -0.2) is 0 Å². The van der Waals surface area contributed by atoms with Crippen molar-refractivity contribution in [2.45, 2.75) is 19.3 Å². The molecule has 0 aromatic heterocycles. The predicted octanol–water partition coefficient (Wildman–Crippen LogP) is 1.89. The molecule has 0 N–H and O–H groups in total. The van der Waals surface area contributed by atoms with E-state index in [4.69, 9.17) is 0 Å². The lowest BCUT2D eigenvalue weighted by Gasteiger charge is -2.13. The van der Waals surface area contributed by atoms with Crippen LogP contribution >= 0.6 is 0 Å². The van der Waals surface area contributed by atoms with Crippen LogP contribution in [0.2, 0.25) is 0 Å². The summed E-state index contributed by atoms with van der Waals surface area (Å²) >= 11 is 0. The lowest BCUT2D eigenvalue weighted by atomic mass is 9.82. The maximum Gasteiger partial charge on any atom is 0.231 e. The van der Waals surface area contributed by atoms with Crippen molar-refractivity contribution in [3.8, 4) is 0 Å². The first-order valence-corrected chi connectivity index (χ1v) is 4.75. The molecule has 2 nitrogen and oxygen atoms in total. The van der Waals surface area contributed by atoms with Gasteiger partial charge in [-0.15, -0.1) is 0 Å². The first-order chi connectivity index (χ1) is 6.59. The minimum absolute atomic E-state index is 0.160. The van der Waals surface area contributed by atoms with Crippen LogP contribution in [0.15, 0.2) is 24.3 Å². The Labute approximate surface area is 83.9 Å². The summed E-state index contributed by atoms with van der Waals surface area (Å²) in [6.45, 7) is 4.16. The molecule has 0 unspecified atom stereocenters. The Kier molecular flexibility index (Phi) is 1.81. The van der Waals surface area contributed by atoms with Crippen LogP contribution in [0.5, 0.6) is 0 Å². The number of rotatable bonds is 1. The molecule has 0 saturated carbocycles. The van der Waals surface area contributed by atoms with Crippen molar-refractivity contribution in [3.63, 3.8) is 0 Å². The Morgan fingerprint density at radius 1 is 1.29 bits per heavy atom. The van der Waals surface area contributed by atoms with Crippen LogP contribution in [-0.4, -0.2) is 23.6 Å². The van der Waals surface area contributed by atoms with Crippen molar-refractivity contribution in [3.05, 3.63) is 29.8 Å². The molecule has 1 aromatic carbocycles. The van der Waals surface area contributed by atoms with Gasteiger partial charge in [-0.2, -0.15) is 4.58 Å². The smallest absolute Gasteiger partial charge is 0.231 e. The monoisotopic (exact) mass is 188 g/mol. The van der Waals surface area contributed by atoms with Crippen LogP contribution < -0.4 is 0 Å². The van der Waals surface area contributed by atoms with Gasteiger partial charge in [0, 0.05) is 11.6 Å². The summed E-state index contributed by atoms with van der Waals surface area (Å²) in [6, 6.07) is 8.15. The SMILES string of the molecule is C[N+]1=C(C=O)C(C)(C)c2ccccc21. The number of nitrogens with zero attached hydrogens (tertiary/aromatic N) is 1. The highest BCUT2D eigenvalue weighted by Crippen LogP contribution is 2.37. The molecule has 0 aliphatic carbocycles. The molecular weight excluding hydrogens is 174 g/mol. The first kappa shape index (κ1) is 9.13. The lowest BCUT2D eigenvalue weighted by molar-refractivity contribution is -0.401. The van der Waals surface area contributed by atoms with Crippen molar-refractivity contribution in [1.29, 1.82) is 0 Å². The van der Waals surface area contributed by atoms with Crippen LogP contribution in [0, 0.1) is 0 Å². The third-order valence-electron chi connectivity index (χ3n) is 3.05. The van der Waals surface area contributed by atoms with E-state index < -0.39 is 0 Å². The predicted molar refractivity (Wildman–Crippen MR) is 56.4 cm³/mol. The number of carbonyl (C=O) groups is 1. The molecule has 0 bridgehead atoms. The van der Waals surface area contributed by atoms with Crippen molar-refractivity contribution in [2.75, 3.05) is 7.05 Å². The molecule has 0 fully saturated rings. The van der Waals surface area contributed by atoms with E-state index in [2.05, 4.69) is 19.9 Å². The largest absolute Gasteiger partial charge is 0.292 e. The molecule has 1 aliphatic rings. The molecular formula is C12H14NO+. The van der Waals surface area contributed by atoms with E-state index in [0.29, 0.717) is 0 Å². The Bertz CT molecular complexity index is 430. The van der Waals surface area contributed by atoms with E-state index in [0.717, 1.165) is 17.7 Å². The van der Waals surface area contributed by atoms with E-state index in [9.17, 15) is 4.79 Å². The van der Waals surface area contributed by atoms with Gasteiger partial charge < -0.3 is 0 Å². The van der Waals surface area contributed by atoms with Gasteiger partial charge in [-0.05, 0) is 13.8 Å². The maximum atomic E-state index is 11.0.